The molecule has 0 saturated carbocycles. The second kappa shape index (κ2) is 11.7. The molecule has 0 amide bonds. The summed E-state index contributed by atoms with van der Waals surface area (Å²) in [5.41, 5.74) is 3.12. The Morgan fingerprint density at radius 3 is 1.26 bits per heavy atom. The van der Waals surface area contributed by atoms with Gasteiger partial charge in [0.25, 0.3) is 0 Å². The van der Waals surface area contributed by atoms with Crippen LogP contribution >= 0.6 is 0 Å². The molecule has 2 nitrogen and oxygen atoms in total. The SMILES string of the molecule is CC(C)c1cccc(C(C)C)c1/N=C(/Nc1c(C(C)C)cccc1C(C)C)c1c(F)c(F)c(F)c(F)c1F. The molecule has 0 heterocycles. The van der Waals surface area contributed by atoms with Crippen molar-refractivity contribution in [3.8, 4) is 0 Å². The second-order valence-corrected chi connectivity index (χ2v) is 10.7. The fraction of sp³-hybridized carbons (Fsp3) is 0.387. The van der Waals surface area contributed by atoms with Gasteiger partial charge in [-0.2, -0.15) is 0 Å². The van der Waals surface area contributed by atoms with Crippen LogP contribution in [0.5, 0.6) is 0 Å². The molecule has 0 atom stereocenters. The summed E-state index contributed by atoms with van der Waals surface area (Å²) < 4.78 is 73.4. The number of hydrogen-bond acceptors (Lipinski definition) is 1. The predicted molar refractivity (Wildman–Crippen MR) is 145 cm³/mol. The summed E-state index contributed by atoms with van der Waals surface area (Å²) in [6.45, 7) is 15.7. The molecule has 3 rings (SSSR count). The maximum absolute atomic E-state index is 15.3. The molecule has 0 aromatic heterocycles. The van der Waals surface area contributed by atoms with E-state index in [1.54, 1.807) is 0 Å². The van der Waals surface area contributed by atoms with Crippen LogP contribution in [0.2, 0.25) is 0 Å². The average Bonchev–Trinajstić information content (AvgIpc) is 2.85. The van der Waals surface area contributed by atoms with Crippen LogP contribution in [0.4, 0.5) is 33.3 Å². The van der Waals surface area contributed by atoms with Crippen molar-refractivity contribution in [1.29, 1.82) is 0 Å². The number of nitrogens with one attached hydrogen (secondary N) is 1. The molecule has 0 spiro atoms. The Hall–Kier alpha value is -3.22. The summed E-state index contributed by atoms with van der Waals surface area (Å²) in [6, 6.07) is 11.2. The van der Waals surface area contributed by atoms with Gasteiger partial charge in [0.1, 0.15) is 5.84 Å². The van der Waals surface area contributed by atoms with E-state index in [1.807, 2.05) is 91.8 Å². The third-order valence-corrected chi connectivity index (χ3v) is 6.63. The first-order valence-corrected chi connectivity index (χ1v) is 12.9. The van der Waals surface area contributed by atoms with Gasteiger partial charge in [-0.15, -0.1) is 0 Å². The van der Waals surface area contributed by atoms with Crippen LogP contribution in [0.3, 0.4) is 0 Å². The van der Waals surface area contributed by atoms with E-state index >= 15 is 8.78 Å². The van der Waals surface area contributed by atoms with Gasteiger partial charge in [-0.25, -0.2) is 26.9 Å². The monoisotopic (exact) mass is 530 g/mol. The molecule has 0 aliphatic heterocycles. The lowest BCUT2D eigenvalue weighted by atomic mass is 9.92. The Morgan fingerprint density at radius 2 is 0.895 bits per heavy atom. The van der Waals surface area contributed by atoms with Crippen molar-refractivity contribution in [2.45, 2.75) is 79.1 Å². The molecule has 204 valence electrons. The predicted octanol–water partition coefficient (Wildman–Crippen LogP) is 10.1. The molecular formula is C31H35F5N2. The number of nitrogens with zero attached hydrogens (tertiary/aromatic N) is 1. The van der Waals surface area contributed by atoms with Gasteiger partial charge in [0, 0.05) is 5.69 Å². The van der Waals surface area contributed by atoms with Crippen molar-refractivity contribution in [1.82, 2.24) is 0 Å². The maximum atomic E-state index is 15.3. The molecule has 0 radical (unpaired) electrons. The molecule has 38 heavy (non-hydrogen) atoms. The molecular weight excluding hydrogens is 495 g/mol. The van der Waals surface area contributed by atoms with E-state index in [-0.39, 0.29) is 23.7 Å². The fourth-order valence-electron chi connectivity index (χ4n) is 4.53. The Balaban J connectivity index is 2.48. The van der Waals surface area contributed by atoms with E-state index < -0.39 is 40.5 Å². The number of para-hydroxylation sites is 2. The van der Waals surface area contributed by atoms with Gasteiger partial charge in [0.2, 0.25) is 5.82 Å². The minimum atomic E-state index is -2.21. The molecule has 0 aliphatic carbocycles. The quantitative estimate of drug-likeness (QED) is 0.106. The first kappa shape index (κ1) is 29.3. The third kappa shape index (κ3) is 5.62. The van der Waals surface area contributed by atoms with Gasteiger partial charge in [0.15, 0.2) is 23.3 Å². The highest BCUT2D eigenvalue weighted by atomic mass is 19.2. The third-order valence-electron chi connectivity index (χ3n) is 6.63. The molecule has 3 aromatic carbocycles. The normalized spacial score (nSPS) is 12.4. The van der Waals surface area contributed by atoms with Crippen molar-refractivity contribution in [3.63, 3.8) is 0 Å². The number of hydrogen-bond donors (Lipinski definition) is 1. The van der Waals surface area contributed by atoms with Crippen LogP contribution in [0, 0.1) is 29.1 Å². The zero-order valence-electron chi connectivity index (χ0n) is 23.1. The highest BCUT2D eigenvalue weighted by Gasteiger charge is 2.30. The van der Waals surface area contributed by atoms with Crippen molar-refractivity contribution in [2.24, 2.45) is 4.99 Å². The van der Waals surface area contributed by atoms with Crippen molar-refractivity contribution in [3.05, 3.63) is 93.3 Å². The van der Waals surface area contributed by atoms with E-state index in [1.165, 1.54) is 0 Å². The summed E-state index contributed by atoms with van der Waals surface area (Å²) in [5.74, 6) is -10.6. The molecule has 0 aliphatic rings. The van der Waals surface area contributed by atoms with E-state index in [0.29, 0.717) is 11.4 Å². The van der Waals surface area contributed by atoms with Gasteiger partial charge in [-0.1, -0.05) is 91.8 Å². The number of aliphatic imine (C=N–C) groups is 1. The zero-order chi connectivity index (χ0) is 28.5. The lowest BCUT2D eigenvalue weighted by molar-refractivity contribution is 0.377. The summed E-state index contributed by atoms with van der Waals surface area (Å²) in [4.78, 5) is 4.67. The van der Waals surface area contributed by atoms with Gasteiger partial charge in [0.05, 0.1) is 11.3 Å². The van der Waals surface area contributed by atoms with Gasteiger partial charge < -0.3 is 5.32 Å². The molecule has 3 aromatic rings. The lowest BCUT2D eigenvalue weighted by Crippen LogP contribution is -2.22. The molecule has 7 heteroatoms. The highest BCUT2D eigenvalue weighted by molar-refractivity contribution is 6.10. The zero-order valence-corrected chi connectivity index (χ0v) is 23.1. The van der Waals surface area contributed by atoms with Crippen LogP contribution in [-0.2, 0) is 0 Å². The van der Waals surface area contributed by atoms with E-state index in [9.17, 15) is 13.2 Å². The Labute approximate surface area is 222 Å². The fourth-order valence-corrected chi connectivity index (χ4v) is 4.53. The number of rotatable bonds is 7. The first-order valence-electron chi connectivity index (χ1n) is 12.9. The summed E-state index contributed by atoms with van der Waals surface area (Å²) >= 11 is 0. The van der Waals surface area contributed by atoms with Crippen LogP contribution < -0.4 is 5.32 Å². The smallest absolute Gasteiger partial charge is 0.200 e. The van der Waals surface area contributed by atoms with E-state index in [4.69, 9.17) is 0 Å². The molecule has 0 bridgehead atoms. The number of anilines is 1. The standard InChI is InChI=1S/C31H35F5N2/c1-15(2)19-11-9-12-20(16(3)4)29(19)37-31(23-24(32)26(34)28(36)27(35)25(23)33)38-30-21(17(5)6)13-10-14-22(30)18(7)8/h9-18H,1-8H3,(H,37,38). The topological polar surface area (TPSA) is 24.4 Å². The molecule has 0 unspecified atom stereocenters. The van der Waals surface area contributed by atoms with Crippen LogP contribution in [0.25, 0.3) is 0 Å². The number of amidine groups is 1. The van der Waals surface area contributed by atoms with Crippen molar-refractivity contribution < 1.29 is 22.0 Å². The van der Waals surface area contributed by atoms with Crippen LogP contribution in [0.1, 0.15) is 107 Å². The first-order chi connectivity index (χ1) is 17.8. The van der Waals surface area contributed by atoms with E-state index in [0.717, 1.165) is 22.3 Å². The van der Waals surface area contributed by atoms with Crippen molar-refractivity contribution in [2.75, 3.05) is 5.32 Å². The summed E-state index contributed by atoms with van der Waals surface area (Å²) in [7, 11) is 0. The van der Waals surface area contributed by atoms with E-state index in [2.05, 4.69) is 10.3 Å². The summed E-state index contributed by atoms with van der Waals surface area (Å²) in [6.07, 6.45) is 0. The largest absolute Gasteiger partial charge is 0.339 e. The second-order valence-electron chi connectivity index (χ2n) is 10.7. The van der Waals surface area contributed by atoms with Crippen LogP contribution in [-0.4, -0.2) is 5.84 Å². The molecule has 0 saturated heterocycles. The molecule has 0 fully saturated rings. The molecule has 1 N–H and O–H groups in total. The summed E-state index contributed by atoms with van der Waals surface area (Å²) in [5, 5.41) is 3.05. The van der Waals surface area contributed by atoms with Gasteiger partial charge >= 0.3 is 0 Å². The van der Waals surface area contributed by atoms with Gasteiger partial charge in [-0.3, -0.25) is 0 Å². The van der Waals surface area contributed by atoms with Crippen molar-refractivity contribution >= 4 is 17.2 Å². The number of halogens is 5. The highest BCUT2D eigenvalue weighted by Crippen LogP contribution is 2.38. The lowest BCUT2D eigenvalue weighted by Gasteiger charge is -2.23. The number of benzene rings is 3. The van der Waals surface area contributed by atoms with Crippen LogP contribution in [0.15, 0.2) is 41.4 Å². The Kier molecular flexibility index (Phi) is 9.01. The minimum absolute atomic E-state index is 0.00279. The maximum Gasteiger partial charge on any atom is 0.200 e. The van der Waals surface area contributed by atoms with Gasteiger partial charge in [-0.05, 0) is 45.9 Å². The Morgan fingerprint density at radius 1 is 0.553 bits per heavy atom. The Bertz CT molecular complexity index is 1280. The average molecular weight is 531 g/mol. The minimum Gasteiger partial charge on any atom is -0.339 e.